The lowest BCUT2D eigenvalue weighted by Gasteiger charge is -2.30. The maximum absolute atomic E-state index is 15.0. The molecule has 2 heterocycles. The summed E-state index contributed by atoms with van der Waals surface area (Å²) in [6.45, 7) is 3.50. The van der Waals surface area contributed by atoms with Gasteiger partial charge in [0.1, 0.15) is 72.6 Å². The zero-order chi connectivity index (χ0) is 91.0. The number of para-hydroxylation sites is 2. The van der Waals surface area contributed by atoms with Crippen LogP contribution in [0, 0.1) is 11.8 Å². The van der Waals surface area contributed by atoms with Crippen LogP contribution in [0.5, 0.6) is 0 Å². The van der Waals surface area contributed by atoms with Crippen molar-refractivity contribution in [3.63, 3.8) is 0 Å². The third-order valence-electron chi connectivity index (χ3n) is 19.5. The van der Waals surface area contributed by atoms with Gasteiger partial charge >= 0.3 is 29.8 Å². The number of primary amides is 2. The van der Waals surface area contributed by atoms with Crippen molar-refractivity contribution >= 4 is 141 Å². The van der Waals surface area contributed by atoms with Gasteiger partial charge in [0.15, 0.2) is 5.78 Å². The first-order chi connectivity index (χ1) is 57.6. The summed E-state index contributed by atoms with van der Waals surface area (Å²) in [6.07, 6.45) is -5.00. The van der Waals surface area contributed by atoms with Gasteiger partial charge in [-0.05, 0) is 94.1 Å². The fourth-order valence-corrected chi connectivity index (χ4v) is 12.7. The maximum Gasteiger partial charge on any atom is 0.329 e. The van der Waals surface area contributed by atoms with Gasteiger partial charge in [0.2, 0.25) is 88.6 Å². The molecule has 14 unspecified atom stereocenters. The van der Waals surface area contributed by atoms with Gasteiger partial charge in [-0.1, -0.05) is 83.2 Å². The summed E-state index contributed by atoms with van der Waals surface area (Å²) in [5, 5.41) is 69.3. The molecular weight excluding hydrogens is 1610 g/mol. The molecule has 0 spiro atoms. The summed E-state index contributed by atoms with van der Waals surface area (Å²) in [5.41, 5.74) is 29.2. The number of carboxylic acids is 4. The molecule has 15 amide bonds. The van der Waals surface area contributed by atoms with Crippen LogP contribution in [0.3, 0.4) is 0 Å². The lowest BCUT2D eigenvalue weighted by Crippen LogP contribution is -2.62. The molecule has 0 bridgehead atoms. The molecule has 0 radical (unpaired) electrons. The van der Waals surface area contributed by atoms with E-state index in [-0.39, 0.29) is 62.9 Å². The van der Waals surface area contributed by atoms with Gasteiger partial charge in [0, 0.05) is 47.6 Å². The zero-order valence-corrected chi connectivity index (χ0v) is 67.9. The van der Waals surface area contributed by atoms with Crippen molar-refractivity contribution in [2.24, 2.45) is 34.8 Å². The topological polar surface area (TPSA) is 751 Å². The number of benzene rings is 2. The van der Waals surface area contributed by atoms with Crippen LogP contribution in [0.2, 0.25) is 0 Å². The van der Waals surface area contributed by atoms with Crippen LogP contribution in [0.1, 0.15) is 166 Å². The van der Waals surface area contributed by atoms with E-state index >= 15 is 0 Å². The number of Topliss-reactive ketones (excluding diaryl/α,β-unsaturated/α-hetero) is 1. The van der Waals surface area contributed by atoms with Gasteiger partial charge in [-0.25, -0.2) is 4.79 Å². The number of carbonyl (C=O) groups is 21. The Bertz CT molecular complexity index is 4270. The maximum atomic E-state index is 15.0. The third-order valence-corrected chi connectivity index (χ3v) is 19.5. The van der Waals surface area contributed by atoms with Crippen LogP contribution in [0.4, 0.5) is 5.69 Å². The number of rotatable bonds is 40. The van der Waals surface area contributed by atoms with E-state index in [0.717, 1.165) is 39.5 Å². The van der Waals surface area contributed by atoms with Crippen LogP contribution in [0.25, 0.3) is 10.9 Å². The summed E-state index contributed by atoms with van der Waals surface area (Å²) < 4.78 is 5.71. The zero-order valence-electron chi connectivity index (χ0n) is 67.9. The number of carboxylic acid groups (broad SMARTS) is 4. The smallest absolute Gasteiger partial charge is 0.329 e. The Morgan fingerprint density at radius 2 is 1.02 bits per heavy atom. The molecule has 4 rings (SSSR count). The standard InChI is InChI=1S/C77H111N19O26/c1-5-38(2)17-8-6-7-9-24-58(100)87-48(28-41-35-83-45-21-13-11-18-42(41)45)70(114)90-50(31-57(82)99)71(115)93-53(34-64(109)110)74(118)96-66-40(4)122-77(121)54(29-55(97)43-19-10-12-20-44(43)80)94-76(120)65(39(3)27-61(103)104)95-73(117)49(30-56(81)98)88-60(102)36-84-67(111)51(32-62(105)106)91-69(113)47(22-14-15-25-78)89-72(116)52(33-63(107)108)92-68(112)46(23-16-26-79)86-59(101)37-85-75(66)119/h10-13,18-21,35,38-40,46-54,65-66,83H,5-9,14-17,22-34,36-37,78-80H2,1-4H3,(H2,81,98)(H2,82,99)(H,84,111)(H,85,119)(H,86,101)(H,87,100)(H,88,102)(H,89,116)(H,90,114)(H,91,113)(H,92,112)(H,93,115)(H,94,120)(H,95,117)(H,96,118)(H,103,104)(H,105,106)(H,107,108)(H,109,110). The number of ether oxygens (including phenoxy) is 1. The minimum atomic E-state index is -2.47. The minimum absolute atomic E-state index is 0.0115. The van der Waals surface area contributed by atoms with E-state index in [9.17, 15) is 121 Å². The number of unbranched alkanes of at least 4 members (excludes halogenated alkanes) is 4. The lowest BCUT2D eigenvalue weighted by atomic mass is 9.95. The number of esters is 1. The fourth-order valence-electron chi connectivity index (χ4n) is 12.7. The molecule has 670 valence electrons. The number of aliphatic carboxylic acids is 4. The number of ketones is 1. The SMILES string of the molecule is CCC(C)CCCCCCC(=O)NC(Cc1c[nH]c2ccccc12)C(=O)NC(CC(N)=O)C(=O)NC(CC(=O)O)C(=O)NC1C(=O)NCC(=O)NC(CCCN)C(=O)NC(CC(=O)O)C(=O)NC(CCCCN)C(=O)NC(CC(=O)O)C(=O)NCC(=O)NC(CC(N)=O)C(=O)NC(C(C)CC(=O)O)C(=O)NC(CC(=O)c2ccccc2N)C(=O)OC1C. The van der Waals surface area contributed by atoms with Crippen molar-refractivity contribution in [2.75, 3.05) is 31.9 Å². The number of fused-ring (bicyclic) bond motifs is 1. The molecule has 1 aliphatic heterocycles. The molecule has 0 aliphatic carbocycles. The Kier molecular flexibility index (Phi) is 42.5. The molecule has 14 atom stereocenters. The number of cyclic esters (lactones) is 1. The first-order valence-electron chi connectivity index (χ1n) is 39.5. The number of anilines is 1. The van der Waals surface area contributed by atoms with Gasteiger partial charge in [-0.3, -0.25) is 95.9 Å². The summed E-state index contributed by atoms with van der Waals surface area (Å²) in [7, 11) is 0. The van der Waals surface area contributed by atoms with Crippen LogP contribution >= 0.6 is 0 Å². The number of hydrogen-bond donors (Lipinski definition) is 23. The molecule has 1 fully saturated rings. The van der Waals surface area contributed by atoms with Crippen LogP contribution in [-0.4, -0.2) is 248 Å². The highest BCUT2D eigenvalue weighted by Gasteiger charge is 2.42. The average molecular weight is 1720 g/mol. The Balaban J connectivity index is 1.92. The first kappa shape index (κ1) is 101. The van der Waals surface area contributed by atoms with E-state index in [2.05, 4.69) is 82.6 Å². The molecule has 3 aromatic rings. The van der Waals surface area contributed by atoms with Gasteiger partial charge in [-0.15, -0.1) is 0 Å². The summed E-state index contributed by atoms with van der Waals surface area (Å²) in [4.78, 5) is 293. The van der Waals surface area contributed by atoms with Gasteiger partial charge in [0.25, 0.3) is 0 Å². The van der Waals surface area contributed by atoms with E-state index < -0.39 is 267 Å². The van der Waals surface area contributed by atoms with Crippen LogP contribution < -0.4 is 97.8 Å². The predicted octanol–water partition coefficient (Wildman–Crippen LogP) is -5.38. The molecule has 1 aliphatic rings. The molecule has 45 heteroatoms. The number of amides is 15. The number of hydrogen-bond acceptors (Lipinski definition) is 25. The highest BCUT2D eigenvalue weighted by molar-refractivity contribution is 6.05. The Hall–Kier alpha value is -13.2. The number of nitrogen functional groups attached to an aromatic ring is 1. The molecule has 2 aromatic carbocycles. The Labute approximate surface area is 699 Å². The van der Waals surface area contributed by atoms with Gasteiger partial charge < -0.3 is 128 Å². The molecule has 45 nitrogen and oxygen atoms in total. The van der Waals surface area contributed by atoms with E-state index in [4.69, 9.17) is 33.4 Å². The predicted molar refractivity (Wildman–Crippen MR) is 429 cm³/mol. The highest BCUT2D eigenvalue weighted by Crippen LogP contribution is 2.22. The van der Waals surface area contributed by atoms with E-state index in [1.165, 1.54) is 24.3 Å². The Morgan fingerprint density at radius 3 is 1.61 bits per heavy atom. The summed E-state index contributed by atoms with van der Waals surface area (Å²) in [6, 6.07) is -10.9. The molecule has 1 saturated heterocycles. The number of carbonyl (C=O) groups excluding carboxylic acids is 17. The second-order valence-corrected chi connectivity index (χ2v) is 29.4. The lowest BCUT2D eigenvalue weighted by molar-refractivity contribution is -0.156. The summed E-state index contributed by atoms with van der Waals surface area (Å²) >= 11 is 0. The normalized spacial score (nSPS) is 20.9. The monoisotopic (exact) mass is 1720 g/mol. The van der Waals surface area contributed by atoms with Crippen molar-refractivity contribution in [3.8, 4) is 0 Å². The van der Waals surface area contributed by atoms with Crippen molar-refractivity contribution in [3.05, 3.63) is 65.9 Å². The quantitative estimate of drug-likeness (QED) is 0.0109. The number of aromatic amines is 1. The van der Waals surface area contributed by atoms with Gasteiger partial charge in [0.05, 0.1) is 51.6 Å². The summed E-state index contributed by atoms with van der Waals surface area (Å²) in [5.74, 6) is -30.9. The number of nitrogens with two attached hydrogens (primary N) is 5. The molecule has 1 aromatic heterocycles. The molecule has 122 heavy (non-hydrogen) atoms. The van der Waals surface area contributed by atoms with Crippen molar-refractivity contribution < 1.29 is 126 Å². The van der Waals surface area contributed by atoms with Gasteiger partial charge in [-0.2, -0.15) is 0 Å². The molecule has 28 N–H and O–H groups in total. The van der Waals surface area contributed by atoms with Crippen molar-refractivity contribution in [1.29, 1.82) is 0 Å². The first-order valence-corrected chi connectivity index (χ1v) is 39.5. The third kappa shape index (κ3) is 35.4. The number of nitrogens with one attached hydrogen (secondary N) is 14. The van der Waals surface area contributed by atoms with E-state index in [1.54, 1.807) is 30.5 Å². The second-order valence-electron chi connectivity index (χ2n) is 29.4. The van der Waals surface area contributed by atoms with Crippen molar-refractivity contribution in [2.45, 2.75) is 229 Å². The minimum Gasteiger partial charge on any atom is -0.481 e. The second kappa shape index (κ2) is 51.3. The largest absolute Gasteiger partial charge is 0.481 e. The Morgan fingerprint density at radius 1 is 0.508 bits per heavy atom. The van der Waals surface area contributed by atoms with Crippen LogP contribution in [0.15, 0.2) is 54.7 Å². The average Bonchev–Trinajstić information content (AvgIpc) is 1.48. The fraction of sp³-hybridized carbons (Fsp3) is 0.545. The number of H-pyrrole nitrogens is 1. The molecular formula is C77H111N19O26. The van der Waals surface area contributed by atoms with E-state index in [0.29, 0.717) is 35.2 Å². The van der Waals surface area contributed by atoms with E-state index in [1.807, 2.05) is 5.32 Å². The molecule has 0 saturated carbocycles. The van der Waals surface area contributed by atoms with Crippen LogP contribution in [-0.2, 0) is 107 Å². The van der Waals surface area contributed by atoms with Crippen molar-refractivity contribution in [1.82, 2.24) is 74.1 Å². The number of aromatic nitrogens is 1. The highest BCUT2D eigenvalue weighted by atomic mass is 16.5.